The van der Waals surface area contributed by atoms with Crippen molar-refractivity contribution in [3.63, 3.8) is 0 Å². The van der Waals surface area contributed by atoms with Crippen molar-refractivity contribution in [2.45, 2.75) is 0 Å². The largest absolute Gasteiger partial charge is 0.370 e. The minimum absolute atomic E-state index is 0.312. The molecule has 0 aromatic heterocycles. The maximum atomic E-state index is 9.19. The lowest BCUT2D eigenvalue weighted by molar-refractivity contribution is 0.490. The molecule has 0 aliphatic carbocycles. The van der Waals surface area contributed by atoms with Gasteiger partial charge in [0.1, 0.15) is 0 Å². The predicted molar refractivity (Wildman–Crippen MR) is 44.4 cm³/mol. The summed E-state index contributed by atoms with van der Waals surface area (Å²) in [6.07, 6.45) is 0.715. The molecular formula is C3H11N5O3S. The van der Waals surface area contributed by atoms with E-state index in [1.807, 2.05) is 5.32 Å². The maximum absolute atomic E-state index is 9.19. The van der Waals surface area contributed by atoms with E-state index in [1.165, 1.54) is 0 Å². The zero-order valence-corrected chi connectivity index (χ0v) is 7.14. The first-order valence-electron chi connectivity index (χ1n) is 2.50. The second-order valence-electron chi connectivity index (χ2n) is 1.69. The first-order valence-corrected chi connectivity index (χ1v) is 4.35. The highest BCUT2D eigenvalue weighted by Crippen LogP contribution is 1.60. The fraction of sp³-hybridized carbons (Fsp3) is 0.333. The SMILES string of the molecule is CS(=O)(=O)O.N=C(N)NC(=N)N. The van der Waals surface area contributed by atoms with Gasteiger partial charge in [-0.3, -0.25) is 20.7 Å². The van der Waals surface area contributed by atoms with E-state index < -0.39 is 10.1 Å². The van der Waals surface area contributed by atoms with Crippen molar-refractivity contribution in [1.29, 1.82) is 10.8 Å². The third kappa shape index (κ3) is 72.1. The van der Waals surface area contributed by atoms with E-state index in [0.29, 0.717) is 6.26 Å². The minimum atomic E-state index is -3.67. The molecule has 9 heteroatoms. The molecule has 8 N–H and O–H groups in total. The fourth-order valence-corrected chi connectivity index (χ4v) is 0.145. The average molecular weight is 197 g/mol. The third-order valence-corrected chi connectivity index (χ3v) is 0.269. The van der Waals surface area contributed by atoms with Gasteiger partial charge in [0.05, 0.1) is 6.26 Å². The van der Waals surface area contributed by atoms with Gasteiger partial charge >= 0.3 is 0 Å². The maximum Gasteiger partial charge on any atom is 0.261 e. The van der Waals surface area contributed by atoms with Crippen LogP contribution in [0.3, 0.4) is 0 Å². The Balaban J connectivity index is 0. The summed E-state index contributed by atoms with van der Waals surface area (Å²) in [5, 5.41) is 15.0. The van der Waals surface area contributed by atoms with Crippen LogP contribution < -0.4 is 16.8 Å². The van der Waals surface area contributed by atoms with Crippen molar-refractivity contribution in [3.8, 4) is 0 Å². The van der Waals surface area contributed by atoms with E-state index in [0.717, 1.165) is 0 Å². The number of rotatable bonds is 0. The van der Waals surface area contributed by atoms with Gasteiger partial charge in [0.25, 0.3) is 10.1 Å². The summed E-state index contributed by atoms with van der Waals surface area (Å²) in [6, 6.07) is 0. The van der Waals surface area contributed by atoms with Gasteiger partial charge in [0, 0.05) is 0 Å². The van der Waals surface area contributed by atoms with Gasteiger partial charge < -0.3 is 11.5 Å². The van der Waals surface area contributed by atoms with Crippen LogP contribution in [0.2, 0.25) is 0 Å². The van der Waals surface area contributed by atoms with Crippen LogP contribution in [0.15, 0.2) is 0 Å². The van der Waals surface area contributed by atoms with Crippen molar-refractivity contribution >= 4 is 22.0 Å². The molecule has 0 unspecified atom stereocenters. The number of hydrogen-bond acceptors (Lipinski definition) is 4. The smallest absolute Gasteiger partial charge is 0.261 e. The van der Waals surface area contributed by atoms with Crippen LogP contribution in [0, 0.1) is 10.8 Å². The number of guanidine groups is 2. The Hall–Kier alpha value is -1.35. The van der Waals surface area contributed by atoms with Gasteiger partial charge in [0.2, 0.25) is 0 Å². The molecule has 72 valence electrons. The lowest BCUT2D eigenvalue weighted by atomic mass is 10.9. The Morgan fingerprint density at radius 2 is 1.50 bits per heavy atom. The lowest BCUT2D eigenvalue weighted by Crippen LogP contribution is -2.39. The van der Waals surface area contributed by atoms with Crippen LogP contribution in [-0.4, -0.2) is 31.1 Å². The van der Waals surface area contributed by atoms with Gasteiger partial charge in [-0.2, -0.15) is 8.42 Å². The summed E-state index contributed by atoms with van der Waals surface area (Å²) in [7, 11) is -3.67. The molecule has 0 fully saturated rings. The minimum Gasteiger partial charge on any atom is -0.370 e. The highest BCUT2D eigenvalue weighted by Gasteiger charge is 1.83. The molecule has 0 aliphatic heterocycles. The molecular weight excluding hydrogens is 186 g/mol. The summed E-state index contributed by atoms with van der Waals surface area (Å²) in [4.78, 5) is 0. The molecule has 0 aromatic rings. The molecule has 0 heterocycles. The van der Waals surface area contributed by atoms with Crippen LogP contribution in [0.5, 0.6) is 0 Å². The molecule has 0 aliphatic rings. The van der Waals surface area contributed by atoms with E-state index in [-0.39, 0.29) is 11.9 Å². The third-order valence-electron chi connectivity index (χ3n) is 0.269. The molecule has 0 radical (unpaired) electrons. The van der Waals surface area contributed by atoms with Crippen LogP contribution in [-0.2, 0) is 10.1 Å². The summed E-state index contributed by atoms with van der Waals surface area (Å²) in [5.74, 6) is -0.625. The monoisotopic (exact) mass is 197 g/mol. The van der Waals surface area contributed by atoms with E-state index >= 15 is 0 Å². The van der Waals surface area contributed by atoms with Crippen molar-refractivity contribution in [2.24, 2.45) is 11.5 Å². The Morgan fingerprint density at radius 1 is 1.33 bits per heavy atom. The Labute approximate surface area is 69.7 Å². The van der Waals surface area contributed by atoms with E-state index in [4.69, 9.17) is 26.8 Å². The van der Waals surface area contributed by atoms with Crippen molar-refractivity contribution < 1.29 is 13.0 Å². The summed E-state index contributed by atoms with van der Waals surface area (Å²) >= 11 is 0. The Morgan fingerprint density at radius 3 is 1.50 bits per heavy atom. The van der Waals surface area contributed by atoms with Gasteiger partial charge in [-0.1, -0.05) is 0 Å². The molecule has 0 bridgehead atoms. The Kier molecular flexibility index (Phi) is 5.88. The van der Waals surface area contributed by atoms with Crippen LogP contribution >= 0.6 is 0 Å². The molecule has 0 rings (SSSR count). The van der Waals surface area contributed by atoms with Crippen molar-refractivity contribution in [1.82, 2.24) is 5.32 Å². The van der Waals surface area contributed by atoms with Crippen LogP contribution in [0.4, 0.5) is 0 Å². The lowest BCUT2D eigenvalue weighted by Gasteiger charge is -1.95. The number of nitrogens with one attached hydrogen (secondary N) is 3. The molecule has 0 saturated carbocycles. The number of nitrogens with two attached hydrogens (primary N) is 2. The molecule has 0 amide bonds. The zero-order valence-electron chi connectivity index (χ0n) is 6.33. The van der Waals surface area contributed by atoms with Crippen molar-refractivity contribution in [2.75, 3.05) is 6.26 Å². The summed E-state index contributed by atoms with van der Waals surface area (Å²) in [5.41, 5.74) is 9.49. The molecule has 8 nitrogen and oxygen atoms in total. The quantitative estimate of drug-likeness (QED) is 0.147. The van der Waals surface area contributed by atoms with E-state index in [1.54, 1.807) is 0 Å². The Bertz CT molecular complexity index is 237. The average Bonchev–Trinajstić information content (AvgIpc) is 1.52. The van der Waals surface area contributed by atoms with Crippen LogP contribution in [0.25, 0.3) is 0 Å². The topological polar surface area (TPSA) is 166 Å². The highest BCUT2D eigenvalue weighted by molar-refractivity contribution is 7.85. The van der Waals surface area contributed by atoms with Gasteiger partial charge in [-0.05, 0) is 0 Å². The second kappa shape index (κ2) is 5.32. The summed E-state index contributed by atoms with van der Waals surface area (Å²) < 4.78 is 25.9. The van der Waals surface area contributed by atoms with Gasteiger partial charge in [-0.15, -0.1) is 0 Å². The number of hydrogen-bond donors (Lipinski definition) is 6. The molecule has 0 atom stereocenters. The summed E-state index contributed by atoms with van der Waals surface area (Å²) in [6.45, 7) is 0. The predicted octanol–water partition coefficient (Wildman–Crippen LogP) is -2.13. The normalized spacial score (nSPS) is 9.17. The van der Waals surface area contributed by atoms with Gasteiger partial charge in [-0.25, -0.2) is 0 Å². The zero-order chi connectivity index (χ0) is 10.4. The molecule has 0 aromatic carbocycles. The molecule has 12 heavy (non-hydrogen) atoms. The molecule has 0 spiro atoms. The standard InChI is InChI=1S/C2H7N5.CH4O3S/c3-1(4)7-2(5)6;1-5(2,3)4/h(H7,3,4,5,6,7);1H3,(H,2,3,4). The van der Waals surface area contributed by atoms with Crippen molar-refractivity contribution in [3.05, 3.63) is 0 Å². The molecule has 0 saturated heterocycles. The first-order chi connectivity index (χ1) is 5.13. The first kappa shape index (κ1) is 13.3. The highest BCUT2D eigenvalue weighted by atomic mass is 32.2. The van der Waals surface area contributed by atoms with E-state index in [9.17, 15) is 8.42 Å². The second-order valence-corrected chi connectivity index (χ2v) is 3.15. The van der Waals surface area contributed by atoms with Gasteiger partial charge in [0.15, 0.2) is 11.9 Å². The fourth-order valence-electron chi connectivity index (χ4n) is 0.145. The van der Waals surface area contributed by atoms with Crippen LogP contribution in [0.1, 0.15) is 0 Å². The van der Waals surface area contributed by atoms with E-state index in [2.05, 4.69) is 0 Å².